The summed E-state index contributed by atoms with van der Waals surface area (Å²) in [5.41, 5.74) is 0. The summed E-state index contributed by atoms with van der Waals surface area (Å²) in [6.07, 6.45) is 11.0. The molecule has 0 aliphatic heterocycles. The van der Waals surface area contributed by atoms with Crippen LogP contribution in [0.1, 0.15) is 44.9 Å². The van der Waals surface area contributed by atoms with E-state index < -0.39 is 0 Å². The zero-order chi connectivity index (χ0) is 10.9. The number of rotatable bonds is 8. The Morgan fingerprint density at radius 2 is 2.19 bits per heavy atom. The molecule has 0 fully saturated rings. The third-order valence-corrected chi connectivity index (χ3v) is 3.18. The second-order valence-electron chi connectivity index (χ2n) is 4.09. The van der Waals surface area contributed by atoms with E-state index in [0.29, 0.717) is 5.92 Å². The predicted molar refractivity (Wildman–Crippen MR) is 72.5 cm³/mol. The lowest BCUT2D eigenvalue weighted by Crippen LogP contribution is -2.02. The number of alkyl halides is 1. The largest absolute Gasteiger partial charge is 0.349 e. The summed E-state index contributed by atoms with van der Waals surface area (Å²) in [5.74, 6) is 2.63. The first-order valence-corrected chi connectivity index (χ1v) is 6.44. The fourth-order valence-corrected chi connectivity index (χ4v) is 2.18. The summed E-state index contributed by atoms with van der Waals surface area (Å²) in [6.45, 7) is 2.22. The van der Waals surface area contributed by atoms with Crippen LogP contribution in [0.15, 0.2) is 12.4 Å². The van der Waals surface area contributed by atoms with Crippen molar-refractivity contribution in [1.29, 1.82) is 0 Å². The molecule has 0 radical (unpaired) electrons. The predicted octanol–water partition coefficient (Wildman–Crippen LogP) is 4.20. The highest BCUT2D eigenvalue weighted by Crippen LogP contribution is 2.16. The first-order valence-electron chi connectivity index (χ1n) is 5.91. The van der Waals surface area contributed by atoms with Gasteiger partial charge in [0.25, 0.3) is 0 Å². The van der Waals surface area contributed by atoms with E-state index >= 15 is 0 Å². The Bertz CT molecular complexity index is 237. The van der Waals surface area contributed by atoms with E-state index in [4.69, 9.17) is 11.6 Å². The smallest absolute Gasteiger partial charge is 0.105 e. The molecule has 0 amide bonds. The van der Waals surface area contributed by atoms with Crippen molar-refractivity contribution in [3.8, 4) is 0 Å². The van der Waals surface area contributed by atoms with E-state index in [-0.39, 0.29) is 12.4 Å². The van der Waals surface area contributed by atoms with Gasteiger partial charge in [-0.15, -0.1) is 24.0 Å². The van der Waals surface area contributed by atoms with Crippen LogP contribution in [-0.4, -0.2) is 15.8 Å². The average molecular weight is 265 g/mol. The van der Waals surface area contributed by atoms with E-state index in [0.717, 1.165) is 18.1 Å². The molecule has 1 rings (SSSR count). The van der Waals surface area contributed by atoms with Gasteiger partial charge >= 0.3 is 0 Å². The maximum Gasteiger partial charge on any atom is 0.105 e. The molecule has 1 heterocycles. The molecule has 94 valence electrons. The van der Waals surface area contributed by atoms with Crippen molar-refractivity contribution in [1.82, 2.24) is 9.97 Å². The fraction of sp³-hybridized carbons (Fsp3) is 0.750. The second kappa shape index (κ2) is 9.98. The monoisotopic (exact) mass is 264 g/mol. The number of aromatic amines is 1. The Balaban J connectivity index is 0.00000225. The van der Waals surface area contributed by atoms with Crippen molar-refractivity contribution in [2.75, 3.05) is 5.88 Å². The van der Waals surface area contributed by atoms with Crippen LogP contribution < -0.4 is 0 Å². The lowest BCUT2D eigenvalue weighted by Gasteiger charge is -2.11. The standard InChI is InChI=1S/C12H21ClN2.ClH/c1-2-5-11(10-13)6-3-4-7-12-14-8-9-15-12;/h8-9,11H,2-7,10H2,1H3,(H,14,15);1H. The van der Waals surface area contributed by atoms with Gasteiger partial charge < -0.3 is 4.98 Å². The SMILES string of the molecule is CCCC(CCl)CCCCc1ncc[nH]1.Cl. The molecule has 0 aliphatic rings. The van der Waals surface area contributed by atoms with Gasteiger partial charge in [-0.1, -0.05) is 19.8 Å². The van der Waals surface area contributed by atoms with Gasteiger partial charge in [0.05, 0.1) is 0 Å². The number of unbranched alkanes of at least 4 members (excludes halogenated alkanes) is 1. The van der Waals surface area contributed by atoms with Gasteiger partial charge in [0.1, 0.15) is 5.82 Å². The van der Waals surface area contributed by atoms with Crippen molar-refractivity contribution in [2.24, 2.45) is 5.92 Å². The first kappa shape index (κ1) is 15.8. The van der Waals surface area contributed by atoms with Gasteiger partial charge in [-0.3, -0.25) is 0 Å². The van der Waals surface area contributed by atoms with E-state index in [1.165, 1.54) is 32.1 Å². The molecule has 1 N–H and O–H groups in total. The molecule has 0 saturated heterocycles. The number of hydrogen-bond donors (Lipinski definition) is 1. The van der Waals surface area contributed by atoms with Crippen molar-refractivity contribution in [3.05, 3.63) is 18.2 Å². The second-order valence-corrected chi connectivity index (χ2v) is 4.40. The van der Waals surface area contributed by atoms with E-state index in [1.807, 2.05) is 12.4 Å². The molecule has 0 aromatic carbocycles. The molecule has 1 atom stereocenters. The number of nitrogens with zero attached hydrogens (tertiary/aromatic N) is 1. The minimum atomic E-state index is 0. The van der Waals surface area contributed by atoms with Crippen LogP contribution in [0.4, 0.5) is 0 Å². The summed E-state index contributed by atoms with van der Waals surface area (Å²) in [7, 11) is 0. The summed E-state index contributed by atoms with van der Waals surface area (Å²) in [4.78, 5) is 7.34. The van der Waals surface area contributed by atoms with Crippen LogP contribution in [0.3, 0.4) is 0 Å². The molecular weight excluding hydrogens is 243 g/mol. The van der Waals surface area contributed by atoms with Gasteiger partial charge in [-0.05, 0) is 25.2 Å². The van der Waals surface area contributed by atoms with E-state index in [1.54, 1.807) is 0 Å². The molecule has 0 aliphatic carbocycles. The molecule has 1 aromatic rings. The van der Waals surface area contributed by atoms with Crippen LogP contribution in [0.2, 0.25) is 0 Å². The third kappa shape index (κ3) is 6.39. The highest BCUT2D eigenvalue weighted by atomic mass is 35.5. The molecule has 16 heavy (non-hydrogen) atoms. The number of H-pyrrole nitrogens is 1. The van der Waals surface area contributed by atoms with Gasteiger partial charge in [0, 0.05) is 24.7 Å². The van der Waals surface area contributed by atoms with Gasteiger partial charge in [-0.2, -0.15) is 0 Å². The number of hydrogen-bond acceptors (Lipinski definition) is 1. The zero-order valence-electron chi connectivity index (χ0n) is 9.92. The molecule has 1 aromatic heterocycles. The van der Waals surface area contributed by atoms with Crippen LogP contribution in [0, 0.1) is 5.92 Å². The number of aromatic nitrogens is 2. The minimum Gasteiger partial charge on any atom is -0.349 e. The summed E-state index contributed by atoms with van der Waals surface area (Å²) < 4.78 is 0. The van der Waals surface area contributed by atoms with Crippen LogP contribution >= 0.6 is 24.0 Å². The van der Waals surface area contributed by atoms with Crippen molar-refractivity contribution < 1.29 is 0 Å². The number of aryl methyl sites for hydroxylation is 1. The quantitative estimate of drug-likeness (QED) is 0.554. The number of halogens is 2. The van der Waals surface area contributed by atoms with Gasteiger partial charge in [0.15, 0.2) is 0 Å². The average Bonchev–Trinajstić information content (AvgIpc) is 2.75. The summed E-state index contributed by atoms with van der Waals surface area (Å²) in [5, 5.41) is 0. The lowest BCUT2D eigenvalue weighted by molar-refractivity contribution is 0.464. The third-order valence-electron chi connectivity index (χ3n) is 2.75. The topological polar surface area (TPSA) is 28.7 Å². The summed E-state index contributed by atoms with van der Waals surface area (Å²) >= 11 is 5.91. The van der Waals surface area contributed by atoms with Crippen molar-refractivity contribution in [2.45, 2.75) is 45.4 Å². The Hall–Kier alpha value is -0.210. The van der Waals surface area contributed by atoms with Crippen molar-refractivity contribution in [3.63, 3.8) is 0 Å². The fourth-order valence-electron chi connectivity index (χ4n) is 1.87. The maximum absolute atomic E-state index is 5.91. The Labute approximate surface area is 110 Å². The highest BCUT2D eigenvalue weighted by molar-refractivity contribution is 6.18. The Kier molecular flexibility index (Phi) is 9.85. The normalized spacial score (nSPS) is 12.1. The molecular formula is C12H22Cl2N2. The van der Waals surface area contributed by atoms with Crippen LogP contribution in [-0.2, 0) is 6.42 Å². The van der Waals surface area contributed by atoms with Crippen LogP contribution in [0.5, 0.6) is 0 Å². The molecule has 2 nitrogen and oxygen atoms in total. The molecule has 1 unspecified atom stereocenters. The van der Waals surface area contributed by atoms with Gasteiger partial charge in [-0.25, -0.2) is 4.98 Å². The van der Waals surface area contributed by atoms with E-state index in [9.17, 15) is 0 Å². The maximum atomic E-state index is 5.91. The number of nitrogens with one attached hydrogen (secondary N) is 1. The molecule has 0 saturated carbocycles. The Morgan fingerprint density at radius 3 is 2.75 bits per heavy atom. The highest BCUT2D eigenvalue weighted by Gasteiger charge is 2.05. The lowest BCUT2D eigenvalue weighted by atomic mass is 9.98. The number of imidazole rings is 1. The van der Waals surface area contributed by atoms with Crippen molar-refractivity contribution >= 4 is 24.0 Å². The zero-order valence-corrected chi connectivity index (χ0v) is 11.5. The summed E-state index contributed by atoms with van der Waals surface area (Å²) in [6, 6.07) is 0. The molecule has 4 heteroatoms. The van der Waals surface area contributed by atoms with E-state index in [2.05, 4.69) is 16.9 Å². The van der Waals surface area contributed by atoms with Gasteiger partial charge in [0.2, 0.25) is 0 Å². The van der Waals surface area contributed by atoms with Crippen LogP contribution in [0.25, 0.3) is 0 Å². The first-order chi connectivity index (χ1) is 7.36. The molecule has 0 spiro atoms. The molecule has 0 bridgehead atoms. The Morgan fingerprint density at radius 1 is 1.38 bits per heavy atom. The minimum absolute atomic E-state index is 0.